The summed E-state index contributed by atoms with van der Waals surface area (Å²) < 4.78 is 0. The van der Waals surface area contributed by atoms with Crippen molar-refractivity contribution in [3.05, 3.63) is 65.7 Å². The van der Waals surface area contributed by atoms with Gasteiger partial charge in [0.25, 0.3) is 5.91 Å². The predicted molar refractivity (Wildman–Crippen MR) is 85.3 cm³/mol. The van der Waals surface area contributed by atoms with Crippen molar-refractivity contribution in [3.8, 4) is 0 Å². The van der Waals surface area contributed by atoms with Gasteiger partial charge in [-0.05, 0) is 29.8 Å². The lowest BCUT2D eigenvalue weighted by atomic mass is 10.1. The Hall–Kier alpha value is -2.70. The first kappa shape index (κ1) is 16.7. The van der Waals surface area contributed by atoms with Crippen LogP contribution in [0, 0.1) is 0 Å². The van der Waals surface area contributed by atoms with E-state index in [1.807, 2.05) is 18.2 Å². The second kappa shape index (κ2) is 8.07. The average Bonchev–Trinajstić information content (AvgIpc) is 2.59. The number of rotatable bonds is 6. The minimum absolute atomic E-state index is 0.0848. The highest BCUT2D eigenvalue weighted by Crippen LogP contribution is 2.15. The molecule has 0 saturated heterocycles. The molecule has 0 radical (unpaired) electrons. The van der Waals surface area contributed by atoms with Crippen LogP contribution in [0.2, 0.25) is 0 Å². The number of aliphatic hydroxyl groups is 1. The molecule has 0 aliphatic carbocycles. The number of anilines is 1. The van der Waals surface area contributed by atoms with E-state index in [0.29, 0.717) is 11.3 Å². The highest BCUT2D eigenvalue weighted by molar-refractivity contribution is 5.96. The summed E-state index contributed by atoms with van der Waals surface area (Å²) >= 11 is 0. The molecule has 0 fully saturated rings. The molecule has 0 heterocycles. The van der Waals surface area contributed by atoms with Gasteiger partial charge in [-0.1, -0.05) is 30.3 Å². The molecule has 2 aromatic carbocycles. The molecule has 0 aromatic heterocycles. The Kier molecular flexibility index (Phi) is 5.85. The molecule has 0 aliphatic heterocycles. The van der Waals surface area contributed by atoms with Gasteiger partial charge in [-0.25, -0.2) is 5.48 Å². The van der Waals surface area contributed by atoms with Gasteiger partial charge in [0.1, 0.15) is 0 Å². The number of carbonyl (C=O) groups is 2. The SMILES string of the molecule is O=C(NO)c1cccc(CC(=O)N(CCO)c2ccccc2)c1. The van der Waals surface area contributed by atoms with Crippen LogP contribution in [0.25, 0.3) is 0 Å². The van der Waals surface area contributed by atoms with Crippen molar-refractivity contribution in [2.75, 3.05) is 18.1 Å². The van der Waals surface area contributed by atoms with E-state index in [-0.39, 0.29) is 31.0 Å². The van der Waals surface area contributed by atoms with E-state index in [4.69, 9.17) is 5.21 Å². The van der Waals surface area contributed by atoms with Gasteiger partial charge in [-0.3, -0.25) is 14.8 Å². The van der Waals surface area contributed by atoms with Crippen molar-refractivity contribution in [1.82, 2.24) is 5.48 Å². The standard InChI is InChI=1S/C17H18N2O4/c20-10-9-19(15-7-2-1-3-8-15)16(21)12-13-5-4-6-14(11-13)17(22)18-23/h1-8,11,20,23H,9-10,12H2,(H,18,22). The molecule has 2 rings (SSSR count). The van der Waals surface area contributed by atoms with E-state index in [1.165, 1.54) is 4.90 Å². The normalized spacial score (nSPS) is 10.2. The highest BCUT2D eigenvalue weighted by Gasteiger charge is 2.16. The largest absolute Gasteiger partial charge is 0.395 e. The topological polar surface area (TPSA) is 89.9 Å². The Bertz CT molecular complexity index is 673. The summed E-state index contributed by atoms with van der Waals surface area (Å²) in [5, 5.41) is 17.9. The highest BCUT2D eigenvalue weighted by atomic mass is 16.5. The quantitative estimate of drug-likeness (QED) is 0.555. The molecular formula is C17H18N2O4. The van der Waals surface area contributed by atoms with Gasteiger partial charge in [-0.15, -0.1) is 0 Å². The number of benzene rings is 2. The van der Waals surface area contributed by atoms with Crippen LogP contribution in [0.5, 0.6) is 0 Å². The van der Waals surface area contributed by atoms with Crippen LogP contribution in [0.1, 0.15) is 15.9 Å². The van der Waals surface area contributed by atoms with Crippen LogP contribution in [0.4, 0.5) is 5.69 Å². The van der Waals surface area contributed by atoms with Crippen LogP contribution in [0.15, 0.2) is 54.6 Å². The van der Waals surface area contributed by atoms with Gasteiger partial charge in [-0.2, -0.15) is 0 Å². The number of hydrogen-bond acceptors (Lipinski definition) is 4. The molecule has 6 heteroatoms. The number of hydrogen-bond donors (Lipinski definition) is 3. The lowest BCUT2D eigenvalue weighted by molar-refractivity contribution is -0.118. The number of hydroxylamine groups is 1. The summed E-state index contributed by atoms with van der Waals surface area (Å²) in [6.07, 6.45) is 0.0848. The van der Waals surface area contributed by atoms with E-state index in [1.54, 1.807) is 41.9 Å². The third kappa shape index (κ3) is 4.38. The number of nitrogens with one attached hydrogen (secondary N) is 1. The number of carbonyl (C=O) groups excluding carboxylic acids is 2. The van der Waals surface area contributed by atoms with Crippen molar-refractivity contribution < 1.29 is 19.9 Å². The monoisotopic (exact) mass is 314 g/mol. The van der Waals surface area contributed by atoms with Gasteiger partial charge in [0.15, 0.2) is 0 Å². The second-order valence-electron chi connectivity index (χ2n) is 4.92. The summed E-state index contributed by atoms with van der Waals surface area (Å²) in [5.41, 5.74) is 3.19. The van der Waals surface area contributed by atoms with Gasteiger partial charge in [0.2, 0.25) is 5.91 Å². The van der Waals surface area contributed by atoms with Crippen molar-refractivity contribution >= 4 is 17.5 Å². The maximum Gasteiger partial charge on any atom is 0.274 e. The minimum Gasteiger partial charge on any atom is -0.395 e. The van der Waals surface area contributed by atoms with Crippen molar-refractivity contribution in [2.45, 2.75) is 6.42 Å². The van der Waals surface area contributed by atoms with Crippen LogP contribution >= 0.6 is 0 Å². The minimum atomic E-state index is -0.630. The second-order valence-corrected chi connectivity index (χ2v) is 4.92. The Morgan fingerprint density at radius 1 is 1.04 bits per heavy atom. The van der Waals surface area contributed by atoms with Crippen LogP contribution in [-0.4, -0.2) is 35.3 Å². The lowest BCUT2D eigenvalue weighted by Crippen LogP contribution is -2.34. The molecule has 6 nitrogen and oxygen atoms in total. The number of nitrogens with zero attached hydrogens (tertiary/aromatic N) is 1. The van der Waals surface area contributed by atoms with Crippen molar-refractivity contribution in [1.29, 1.82) is 0 Å². The first-order chi connectivity index (χ1) is 11.2. The van der Waals surface area contributed by atoms with Gasteiger partial charge < -0.3 is 10.0 Å². The fourth-order valence-electron chi connectivity index (χ4n) is 2.26. The van der Waals surface area contributed by atoms with Gasteiger partial charge in [0, 0.05) is 17.8 Å². The molecule has 0 spiro atoms. The first-order valence-electron chi connectivity index (χ1n) is 7.15. The molecule has 3 N–H and O–H groups in total. The lowest BCUT2D eigenvalue weighted by Gasteiger charge is -2.22. The number of amides is 2. The maximum atomic E-state index is 12.5. The summed E-state index contributed by atoms with van der Waals surface area (Å²) in [4.78, 5) is 25.4. The van der Waals surface area contributed by atoms with E-state index in [0.717, 1.165) is 0 Å². The van der Waals surface area contributed by atoms with Gasteiger partial charge >= 0.3 is 0 Å². The molecule has 0 bridgehead atoms. The summed E-state index contributed by atoms with van der Waals surface area (Å²) in [7, 11) is 0. The van der Waals surface area contributed by atoms with Gasteiger partial charge in [0.05, 0.1) is 13.0 Å². The predicted octanol–water partition coefficient (Wildman–Crippen LogP) is 1.37. The zero-order chi connectivity index (χ0) is 16.7. The third-order valence-corrected chi connectivity index (χ3v) is 3.34. The Morgan fingerprint density at radius 2 is 1.78 bits per heavy atom. The molecule has 0 saturated carbocycles. The Balaban J connectivity index is 2.17. The van der Waals surface area contributed by atoms with E-state index in [2.05, 4.69) is 0 Å². The van der Waals surface area contributed by atoms with E-state index in [9.17, 15) is 14.7 Å². The first-order valence-corrected chi connectivity index (χ1v) is 7.15. The summed E-state index contributed by atoms with van der Waals surface area (Å²) in [5.74, 6) is -0.818. The van der Waals surface area contributed by atoms with Crippen LogP contribution in [0.3, 0.4) is 0 Å². The zero-order valence-corrected chi connectivity index (χ0v) is 12.5. The van der Waals surface area contributed by atoms with Crippen molar-refractivity contribution in [3.63, 3.8) is 0 Å². The zero-order valence-electron chi connectivity index (χ0n) is 12.5. The fourth-order valence-corrected chi connectivity index (χ4v) is 2.26. The number of para-hydroxylation sites is 1. The fraction of sp³-hybridized carbons (Fsp3) is 0.176. The molecular weight excluding hydrogens is 296 g/mol. The molecule has 120 valence electrons. The Labute approximate surface area is 133 Å². The molecule has 2 aromatic rings. The Morgan fingerprint density at radius 3 is 2.43 bits per heavy atom. The average molecular weight is 314 g/mol. The summed E-state index contributed by atoms with van der Waals surface area (Å²) in [6, 6.07) is 15.5. The molecule has 0 aliphatic rings. The number of aliphatic hydroxyl groups excluding tert-OH is 1. The molecule has 0 atom stereocenters. The van der Waals surface area contributed by atoms with Crippen molar-refractivity contribution in [2.24, 2.45) is 0 Å². The maximum absolute atomic E-state index is 12.5. The molecule has 23 heavy (non-hydrogen) atoms. The van der Waals surface area contributed by atoms with Crippen LogP contribution < -0.4 is 10.4 Å². The van der Waals surface area contributed by atoms with E-state index >= 15 is 0 Å². The third-order valence-electron chi connectivity index (χ3n) is 3.34. The van der Waals surface area contributed by atoms with E-state index < -0.39 is 5.91 Å². The molecule has 0 unspecified atom stereocenters. The van der Waals surface area contributed by atoms with Crippen LogP contribution in [-0.2, 0) is 11.2 Å². The summed E-state index contributed by atoms with van der Waals surface area (Å²) in [6.45, 7) is 0.0489. The smallest absolute Gasteiger partial charge is 0.274 e. The molecule has 2 amide bonds.